The van der Waals surface area contributed by atoms with Gasteiger partial charge in [0.25, 0.3) is 11.6 Å². The Morgan fingerprint density at radius 3 is 2.35 bits per heavy atom. The molecule has 0 radical (unpaired) electrons. The standard InChI is InChI=1S/C16H15N7O4S4/c1-3-28-15-21-19-13(30-15)17-11(24)7-29-16-22-20-14(31-16)18-12(25)9-5-4-6-10(8(9)2)23(26)27/h4-6H,3,7H2,1-2H3,(H,17,19,24)(H,18,20,25). The first kappa shape index (κ1) is 23.1. The van der Waals surface area contributed by atoms with Crippen molar-refractivity contribution in [3.05, 3.63) is 39.4 Å². The number of nitrogens with zero attached hydrogens (tertiary/aromatic N) is 5. The Hall–Kier alpha value is -2.62. The van der Waals surface area contributed by atoms with Crippen molar-refractivity contribution in [3.63, 3.8) is 0 Å². The predicted octanol–water partition coefficient (Wildman–Crippen LogP) is 3.70. The highest BCUT2D eigenvalue weighted by Crippen LogP contribution is 2.28. The highest BCUT2D eigenvalue weighted by molar-refractivity contribution is 8.01. The van der Waals surface area contributed by atoms with Crippen LogP contribution in [0.25, 0.3) is 0 Å². The first-order valence-electron chi connectivity index (χ1n) is 8.65. The molecule has 15 heteroatoms. The van der Waals surface area contributed by atoms with Gasteiger partial charge in [-0.1, -0.05) is 59.2 Å². The number of hydrogen-bond donors (Lipinski definition) is 2. The first-order valence-corrected chi connectivity index (χ1v) is 12.3. The number of nitro benzene ring substituents is 1. The van der Waals surface area contributed by atoms with Crippen LogP contribution in [0.5, 0.6) is 0 Å². The molecule has 2 aromatic heterocycles. The summed E-state index contributed by atoms with van der Waals surface area (Å²) >= 11 is 5.11. The second-order valence-electron chi connectivity index (χ2n) is 5.68. The van der Waals surface area contributed by atoms with E-state index >= 15 is 0 Å². The van der Waals surface area contributed by atoms with Crippen molar-refractivity contribution in [3.8, 4) is 0 Å². The lowest BCUT2D eigenvalue weighted by molar-refractivity contribution is -0.385. The van der Waals surface area contributed by atoms with Crippen LogP contribution in [0.4, 0.5) is 16.0 Å². The van der Waals surface area contributed by atoms with Crippen molar-refractivity contribution in [2.45, 2.75) is 22.5 Å². The first-order chi connectivity index (χ1) is 14.9. The second-order valence-corrected chi connectivity index (χ2v) is 10.4. The average molecular weight is 498 g/mol. The van der Waals surface area contributed by atoms with E-state index in [-0.39, 0.29) is 33.6 Å². The summed E-state index contributed by atoms with van der Waals surface area (Å²) in [5.74, 6) is 0.170. The van der Waals surface area contributed by atoms with Gasteiger partial charge in [0.1, 0.15) is 0 Å². The number of rotatable bonds is 9. The van der Waals surface area contributed by atoms with Crippen molar-refractivity contribution in [2.75, 3.05) is 22.1 Å². The van der Waals surface area contributed by atoms with E-state index < -0.39 is 10.8 Å². The summed E-state index contributed by atoms with van der Waals surface area (Å²) in [5.41, 5.74) is 0.302. The van der Waals surface area contributed by atoms with Crippen LogP contribution in [0.1, 0.15) is 22.8 Å². The highest BCUT2D eigenvalue weighted by Gasteiger charge is 2.19. The SMILES string of the molecule is CCSc1nnc(NC(=O)CSc2nnc(NC(=O)c3cccc([N+](=O)[O-])c3C)s2)s1. The van der Waals surface area contributed by atoms with Crippen LogP contribution in [0.3, 0.4) is 0 Å². The van der Waals surface area contributed by atoms with Crippen LogP contribution in [-0.2, 0) is 4.79 Å². The molecule has 31 heavy (non-hydrogen) atoms. The van der Waals surface area contributed by atoms with Crippen molar-refractivity contribution in [2.24, 2.45) is 0 Å². The number of carbonyl (C=O) groups is 2. The van der Waals surface area contributed by atoms with Crippen molar-refractivity contribution in [1.82, 2.24) is 20.4 Å². The number of aromatic nitrogens is 4. The van der Waals surface area contributed by atoms with Gasteiger partial charge in [0.15, 0.2) is 8.68 Å². The van der Waals surface area contributed by atoms with E-state index in [4.69, 9.17) is 0 Å². The molecule has 0 unspecified atom stereocenters. The third-order valence-electron chi connectivity index (χ3n) is 3.62. The van der Waals surface area contributed by atoms with Crippen LogP contribution in [-0.4, -0.2) is 48.6 Å². The Labute approximate surface area is 192 Å². The fourth-order valence-electron chi connectivity index (χ4n) is 2.28. The minimum Gasteiger partial charge on any atom is -0.300 e. The van der Waals surface area contributed by atoms with Crippen molar-refractivity contribution >= 4 is 74.0 Å². The normalized spacial score (nSPS) is 10.6. The van der Waals surface area contributed by atoms with Gasteiger partial charge >= 0.3 is 0 Å². The van der Waals surface area contributed by atoms with Crippen LogP contribution in [0, 0.1) is 17.0 Å². The average Bonchev–Trinajstić information content (AvgIpc) is 3.36. The molecule has 0 atom stereocenters. The number of carbonyl (C=O) groups excluding carboxylic acids is 2. The summed E-state index contributed by atoms with van der Waals surface area (Å²) < 4.78 is 1.27. The number of thioether (sulfide) groups is 2. The van der Waals surface area contributed by atoms with Gasteiger partial charge in [0, 0.05) is 17.2 Å². The lowest BCUT2D eigenvalue weighted by Gasteiger charge is -2.05. The van der Waals surface area contributed by atoms with Crippen LogP contribution >= 0.6 is 46.2 Å². The molecule has 2 N–H and O–H groups in total. The molecule has 0 aliphatic heterocycles. The Balaban J connectivity index is 1.54. The molecular weight excluding hydrogens is 482 g/mol. The fraction of sp³-hybridized carbons (Fsp3) is 0.250. The zero-order valence-electron chi connectivity index (χ0n) is 16.1. The van der Waals surface area contributed by atoms with Gasteiger partial charge in [0.05, 0.1) is 10.7 Å². The molecule has 2 amide bonds. The fourth-order valence-corrected chi connectivity index (χ4v) is 5.49. The molecule has 2 heterocycles. The van der Waals surface area contributed by atoms with Crippen LogP contribution in [0.2, 0.25) is 0 Å². The van der Waals surface area contributed by atoms with Gasteiger partial charge in [-0.05, 0) is 18.7 Å². The topological polar surface area (TPSA) is 153 Å². The van der Waals surface area contributed by atoms with Gasteiger partial charge in [-0.15, -0.1) is 20.4 Å². The largest absolute Gasteiger partial charge is 0.300 e. The number of nitrogens with one attached hydrogen (secondary N) is 2. The lowest BCUT2D eigenvalue weighted by atomic mass is 10.1. The molecule has 0 saturated carbocycles. The highest BCUT2D eigenvalue weighted by atomic mass is 32.2. The molecule has 0 aliphatic rings. The third-order valence-corrected chi connectivity index (χ3v) is 7.45. The Kier molecular flexibility index (Phi) is 7.89. The van der Waals surface area contributed by atoms with Crippen molar-refractivity contribution < 1.29 is 14.5 Å². The van der Waals surface area contributed by atoms with Crippen LogP contribution < -0.4 is 10.6 Å². The quantitative estimate of drug-likeness (QED) is 0.194. The van der Waals surface area contributed by atoms with Crippen molar-refractivity contribution in [1.29, 1.82) is 0 Å². The molecule has 162 valence electrons. The van der Waals surface area contributed by atoms with Gasteiger partial charge in [0.2, 0.25) is 16.2 Å². The van der Waals surface area contributed by atoms with E-state index in [1.807, 2.05) is 6.92 Å². The van der Waals surface area contributed by atoms with Crippen LogP contribution in [0.15, 0.2) is 26.9 Å². The Morgan fingerprint density at radius 1 is 1.06 bits per heavy atom. The van der Waals surface area contributed by atoms with E-state index in [9.17, 15) is 19.7 Å². The zero-order chi connectivity index (χ0) is 22.4. The molecule has 11 nitrogen and oxygen atoms in total. The molecule has 0 fully saturated rings. The number of amides is 2. The van der Waals surface area contributed by atoms with E-state index in [1.165, 1.54) is 36.5 Å². The molecule has 0 bridgehead atoms. The smallest absolute Gasteiger partial charge is 0.273 e. The van der Waals surface area contributed by atoms with Gasteiger partial charge < -0.3 is 0 Å². The number of nitro groups is 1. The van der Waals surface area contributed by atoms with Gasteiger partial charge in [-0.3, -0.25) is 30.3 Å². The zero-order valence-corrected chi connectivity index (χ0v) is 19.4. The predicted molar refractivity (Wildman–Crippen MR) is 121 cm³/mol. The minimum absolute atomic E-state index is 0.0857. The summed E-state index contributed by atoms with van der Waals surface area (Å²) in [7, 11) is 0. The third kappa shape index (κ3) is 6.19. The van der Waals surface area contributed by atoms with Gasteiger partial charge in [-0.25, -0.2) is 0 Å². The van der Waals surface area contributed by atoms with E-state index in [0.717, 1.165) is 33.2 Å². The second kappa shape index (κ2) is 10.6. The summed E-state index contributed by atoms with van der Waals surface area (Å²) in [6.07, 6.45) is 0. The molecule has 0 saturated heterocycles. The maximum Gasteiger partial charge on any atom is 0.273 e. The molecule has 0 spiro atoms. The summed E-state index contributed by atoms with van der Waals surface area (Å²) in [4.78, 5) is 35.0. The van der Waals surface area contributed by atoms with E-state index in [1.54, 1.807) is 11.8 Å². The minimum atomic E-state index is -0.540. The Bertz CT molecular complexity index is 1120. The maximum absolute atomic E-state index is 12.5. The number of hydrogen-bond acceptors (Lipinski definition) is 12. The van der Waals surface area contributed by atoms with E-state index in [2.05, 4.69) is 31.0 Å². The molecule has 0 aliphatic carbocycles. The lowest BCUT2D eigenvalue weighted by Crippen LogP contribution is -2.14. The van der Waals surface area contributed by atoms with Gasteiger partial charge in [-0.2, -0.15) is 0 Å². The molecule has 3 aromatic rings. The number of benzene rings is 1. The Morgan fingerprint density at radius 2 is 1.71 bits per heavy atom. The maximum atomic E-state index is 12.5. The monoisotopic (exact) mass is 497 g/mol. The molecular formula is C16H15N7O4S4. The number of anilines is 2. The van der Waals surface area contributed by atoms with E-state index in [0.29, 0.717) is 9.47 Å². The molecule has 1 aromatic carbocycles. The summed E-state index contributed by atoms with van der Waals surface area (Å²) in [6.45, 7) is 3.51. The summed E-state index contributed by atoms with van der Waals surface area (Å²) in [5, 5.41) is 32.6. The molecule has 3 rings (SSSR count). The summed E-state index contributed by atoms with van der Waals surface area (Å²) in [6, 6.07) is 4.28.